The maximum absolute atomic E-state index is 12.4. The number of pyridine rings is 1. The molecule has 0 bridgehead atoms. The van der Waals surface area contributed by atoms with Crippen molar-refractivity contribution in [3.8, 4) is 0 Å². The fraction of sp³-hybridized carbons (Fsp3) is 0.214. The van der Waals surface area contributed by atoms with Crippen LogP contribution in [-0.2, 0) is 16.6 Å². The summed E-state index contributed by atoms with van der Waals surface area (Å²) in [6, 6.07) is 8.19. The molecule has 0 spiro atoms. The Labute approximate surface area is 132 Å². The first-order chi connectivity index (χ1) is 9.94. The van der Waals surface area contributed by atoms with Crippen LogP contribution in [0.4, 0.5) is 0 Å². The Kier molecular flexibility index (Phi) is 5.10. The van der Waals surface area contributed by atoms with Crippen molar-refractivity contribution in [3.05, 3.63) is 58.3 Å². The second-order valence-corrected chi connectivity index (χ2v) is 7.13. The summed E-state index contributed by atoms with van der Waals surface area (Å²) in [5.41, 5.74) is 7.21. The standard InChI is InChI=1S/C14H16BrN3O2S/c1-10(12-3-2-6-17-9-12)18-21(19,20)14-5-4-11(8-16)7-13(14)15/h2-7,9-10,18H,8,16H2,1H3. The molecule has 5 nitrogen and oxygen atoms in total. The number of nitrogens with zero attached hydrogens (tertiary/aromatic N) is 1. The Hall–Kier alpha value is -1.28. The lowest BCUT2D eigenvalue weighted by molar-refractivity contribution is 0.566. The van der Waals surface area contributed by atoms with E-state index in [-0.39, 0.29) is 10.9 Å². The van der Waals surface area contributed by atoms with Gasteiger partial charge in [-0.2, -0.15) is 0 Å². The minimum atomic E-state index is -3.63. The number of nitrogens with two attached hydrogens (primary N) is 1. The molecular formula is C14H16BrN3O2S. The number of rotatable bonds is 5. The Morgan fingerprint density at radius 2 is 2.14 bits per heavy atom. The summed E-state index contributed by atoms with van der Waals surface area (Å²) in [7, 11) is -3.63. The smallest absolute Gasteiger partial charge is 0.242 e. The highest BCUT2D eigenvalue weighted by atomic mass is 79.9. The lowest BCUT2D eigenvalue weighted by Crippen LogP contribution is -2.27. The summed E-state index contributed by atoms with van der Waals surface area (Å²) >= 11 is 3.28. The van der Waals surface area contributed by atoms with E-state index < -0.39 is 10.0 Å². The summed E-state index contributed by atoms with van der Waals surface area (Å²) in [5, 5.41) is 0. The molecule has 2 rings (SSSR count). The highest BCUT2D eigenvalue weighted by Crippen LogP contribution is 2.24. The van der Waals surface area contributed by atoms with E-state index in [2.05, 4.69) is 25.6 Å². The molecule has 0 fully saturated rings. The molecule has 1 aromatic carbocycles. The third-order valence-electron chi connectivity index (χ3n) is 3.04. The van der Waals surface area contributed by atoms with E-state index >= 15 is 0 Å². The van der Waals surface area contributed by atoms with Gasteiger partial charge in [-0.3, -0.25) is 4.98 Å². The molecule has 0 saturated heterocycles. The second-order valence-electron chi connectivity index (χ2n) is 4.60. The van der Waals surface area contributed by atoms with Crippen molar-refractivity contribution >= 4 is 26.0 Å². The predicted molar refractivity (Wildman–Crippen MR) is 85.0 cm³/mol. The van der Waals surface area contributed by atoms with Gasteiger partial charge in [-0.1, -0.05) is 12.1 Å². The van der Waals surface area contributed by atoms with Crippen LogP contribution in [-0.4, -0.2) is 13.4 Å². The predicted octanol–water partition coefficient (Wildman–Crippen LogP) is 2.34. The zero-order chi connectivity index (χ0) is 15.5. The second kappa shape index (κ2) is 6.65. The normalized spacial score (nSPS) is 13.1. The molecule has 21 heavy (non-hydrogen) atoms. The average molecular weight is 370 g/mol. The zero-order valence-corrected chi connectivity index (χ0v) is 13.9. The zero-order valence-electron chi connectivity index (χ0n) is 11.5. The maximum Gasteiger partial charge on any atom is 0.242 e. The van der Waals surface area contributed by atoms with Gasteiger partial charge >= 0.3 is 0 Å². The molecule has 112 valence electrons. The van der Waals surface area contributed by atoms with Crippen molar-refractivity contribution in [2.45, 2.75) is 24.4 Å². The van der Waals surface area contributed by atoms with Crippen LogP contribution in [0, 0.1) is 0 Å². The van der Waals surface area contributed by atoms with E-state index in [9.17, 15) is 8.42 Å². The van der Waals surface area contributed by atoms with E-state index in [0.717, 1.165) is 11.1 Å². The molecule has 7 heteroatoms. The van der Waals surface area contributed by atoms with Gasteiger partial charge in [-0.25, -0.2) is 13.1 Å². The molecule has 0 aliphatic carbocycles. The van der Waals surface area contributed by atoms with Crippen LogP contribution in [0.25, 0.3) is 0 Å². The van der Waals surface area contributed by atoms with Gasteiger partial charge < -0.3 is 5.73 Å². The lowest BCUT2D eigenvalue weighted by Gasteiger charge is -2.15. The molecule has 3 N–H and O–H groups in total. The van der Waals surface area contributed by atoms with Crippen molar-refractivity contribution in [2.24, 2.45) is 5.73 Å². The van der Waals surface area contributed by atoms with Crippen molar-refractivity contribution in [2.75, 3.05) is 0 Å². The van der Waals surface area contributed by atoms with Gasteiger partial charge in [0.1, 0.15) is 0 Å². The molecule has 0 aliphatic heterocycles. The third-order valence-corrected chi connectivity index (χ3v) is 5.56. The summed E-state index contributed by atoms with van der Waals surface area (Å²) < 4.78 is 28.0. The molecule has 2 aromatic rings. The molecule has 1 aromatic heterocycles. The van der Waals surface area contributed by atoms with Crippen LogP contribution in [0.5, 0.6) is 0 Å². The number of halogens is 1. The summed E-state index contributed by atoms with van der Waals surface area (Å²) in [6.45, 7) is 2.13. The molecule has 1 atom stereocenters. The average Bonchev–Trinajstić information content (AvgIpc) is 2.47. The summed E-state index contributed by atoms with van der Waals surface area (Å²) in [6.07, 6.45) is 3.28. The highest BCUT2D eigenvalue weighted by molar-refractivity contribution is 9.10. The number of sulfonamides is 1. The van der Waals surface area contributed by atoms with Gasteiger partial charge in [0.2, 0.25) is 10.0 Å². The fourth-order valence-corrected chi connectivity index (χ4v) is 4.24. The minimum absolute atomic E-state index is 0.190. The van der Waals surface area contributed by atoms with E-state index in [1.807, 2.05) is 6.07 Å². The molecule has 0 saturated carbocycles. The molecule has 1 unspecified atom stereocenters. The summed E-state index contributed by atoms with van der Waals surface area (Å²) in [4.78, 5) is 4.18. The van der Waals surface area contributed by atoms with Gasteiger partial charge in [0.05, 0.1) is 4.90 Å². The Morgan fingerprint density at radius 1 is 1.38 bits per heavy atom. The lowest BCUT2D eigenvalue weighted by atomic mass is 10.2. The van der Waals surface area contributed by atoms with Gasteiger partial charge in [-0.05, 0) is 52.2 Å². The fourth-order valence-electron chi connectivity index (χ4n) is 1.89. The first kappa shape index (κ1) is 16.1. The highest BCUT2D eigenvalue weighted by Gasteiger charge is 2.21. The third kappa shape index (κ3) is 3.88. The van der Waals surface area contributed by atoms with Crippen molar-refractivity contribution in [1.29, 1.82) is 0 Å². The quantitative estimate of drug-likeness (QED) is 0.846. The van der Waals surface area contributed by atoms with Gasteiger partial charge in [0.15, 0.2) is 0 Å². The van der Waals surface area contributed by atoms with E-state index in [4.69, 9.17) is 5.73 Å². The van der Waals surface area contributed by atoms with Crippen molar-refractivity contribution in [1.82, 2.24) is 9.71 Å². The molecule has 0 amide bonds. The van der Waals surface area contributed by atoms with Crippen molar-refractivity contribution < 1.29 is 8.42 Å². The number of aromatic nitrogens is 1. The minimum Gasteiger partial charge on any atom is -0.326 e. The Bertz CT molecular complexity index is 720. The Balaban J connectivity index is 2.26. The van der Waals surface area contributed by atoms with E-state index in [0.29, 0.717) is 11.0 Å². The van der Waals surface area contributed by atoms with Crippen molar-refractivity contribution in [3.63, 3.8) is 0 Å². The van der Waals surface area contributed by atoms with Gasteiger partial charge in [-0.15, -0.1) is 0 Å². The molecule has 1 heterocycles. The van der Waals surface area contributed by atoms with Gasteiger partial charge in [0, 0.05) is 29.5 Å². The molecule has 0 radical (unpaired) electrons. The van der Waals surface area contributed by atoms with Crippen LogP contribution >= 0.6 is 15.9 Å². The SMILES string of the molecule is CC(NS(=O)(=O)c1ccc(CN)cc1Br)c1cccnc1. The van der Waals surface area contributed by atoms with Gasteiger partial charge in [0.25, 0.3) is 0 Å². The summed E-state index contributed by atoms with van der Waals surface area (Å²) in [5.74, 6) is 0. The van der Waals surface area contributed by atoms with E-state index in [1.54, 1.807) is 43.6 Å². The Morgan fingerprint density at radius 3 is 2.71 bits per heavy atom. The van der Waals surface area contributed by atoms with Crippen LogP contribution in [0.15, 0.2) is 52.1 Å². The monoisotopic (exact) mass is 369 g/mol. The maximum atomic E-state index is 12.4. The largest absolute Gasteiger partial charge is 0.326 e. The van der Waals surface area contributed by atoms with Crippen LogP contribution in [0.2, 0.25) is 0 Å². The molecule has 0 aliphatic rings. The van der Waals surface area contributed by atoms with Crippen LogP contribution in [0.1, 0.15) is 24.1 Å². The first-order valence-electron chi connectivity index (χ1n) is 6.35. The number of benzene rings is 1. The van der Waals surface area contributed by atoms with Crippen LogP contribution < -0.4 is 10.5 Å². The number of nitrogens with one attached hydrogen (secondary N) is 1. The topological polar surface area (TPSA) is 85.1 Å². The number of hydrogen-bond donors (Lipinski definition) is 2. The van der Waals surface area contributed by atoms with Crippen LogP contribution in [0.3, 0.4) is 0 Å². The number of hydrogen-bond acceptors (Lipinski definition) is 4. The first-order valence-corrected chi connectivity index (χ1v) is 8.62. The molecular weight excluding hydrogens is 354 g/mol. The van der Waals surface area contributed by atoms with E-state index in [1.165, 1.54) is 0 Å².